The molecule has 3 N–H and O–H groups in total. The third-order valence-electron chi connectivity index (χ3n) is 0.892. The van der Waals surface area contributed by atoms with Crippen molar-refractivity contribution in [1.82, 2.24) is 19.9 Å². The number of H-pyrrole nitrogens is 3. The van der Waals surface area contributed by atoms with Gasteiger partial charge in [-0.05, 0) is 0 Å². The summed E-state index contributed by atoms with van der Waals surface area (Å²) >= 11 is 0. The number of carbonyl (C=O) groups excluding carboxylic acids is 1. The summed E-state index contributed by atoms with van der Waals surface area (Å²) in [4.78, 5) is 46.8. The van der Waals surface area contributed by atoms with Crippen LogP contribution in [0.5, 0.6) is 0 Å². The van der Waals surface area contributed by atoms with Gasteiger partial charge in [-0.1, -0.05) is 0 Å². The number of nitrogens with zero attached hydrogens (tertiary/aromatic N) is 1. The van der Waals surface area contributed by atoms with Gasteiger partial charge in [0.25, 0.3) is 0 Å². The van der Waals surface area contributed by atoms with Crippen molar-refractivity contribution in [2.75, 3.05) is 14.1 Å². The van der Waals surface area contributed by atoms with Gasteiger partial charge in [-0.25, -0.2) is 14.4 Å². The van der Waals surface area contributed by atoms with Crippen molar-refractivity contribution < 1.29 is 4.79 Å². The standard InChI is InChI=1S/C3H3N3O3.C3H7NO/c7-1-4-2(8)6-3(9)5-1;1-4(2)3-5/h(H3,4,5,6,7,8,9);3H,1-2H3. The molecule has 0 radical (unpaired) electrons. The van der Waals surface area contributed by atoms with Crippen LogP contribution in [0, 0.1) is 0 Å². The molecule has 0 aromatic carbocycles. The minimum Gasteiger partial charge on any atom is -0.351 e. The minimum absolute atomic E-state index is 0.750. The van der Waals surface area contributed by atoms with E-state index in [0.29, 0.717) is 0 Å². The lowest BCUT2D eigenvalue weighted by atomic mass is 11.0. The first kappa shape index (κ1) is 11.9. The maximum absolute atomic E-state index is 10.2. The minimum atomic E-state index is -0.802. The Balaban J connectivity index is 0.000000292. The van der Waals surface area contributed by atoms with E-state index in [2.05, 4.69) is 0 Å². The van der Waals surface area contributed by atoms with Gasteiger partial charge in [0.1, 0.15) is 0 Å². The van der Waals surface area contributed by atoms with Crippen molar-refractivity contribution in [1.29, 1.82) is 0 Å². The summed E-state index contributed by atoms with van der Waals surface area (Å²) in [5.74, 6) is 0. The molecule has 78 valence electrons. The molecule has 0 saturated carbocycles. The lowest BCUT2D eigenvalue weighted by molar-refractivity contribution is -0.115. The largest absolute Gasteiger partial charge is 0.351 e. The number of hydrogen-bond acceptors (Lipinski definition) is 4. The van der Waals surface area contributed by atoms with Crippen molar-refractivity contribution in [3.63, 3.8) is 0 Å². The highest BCUT2D eigenvalue weighted by molar-refractivity contribution is 5.45. The van der Waals surface area contributed by atoms with Crippen LogP contribution in [0.25, 0.3) is 0 Å². The van der Waals surface area contributed by atoms with E-state index in [9.17, 15) is 19.2 Å². The van der Waals surface area contributed by atoms with Gasteiger partial charge in [-0.3, -0.25) is 19.7 Å². The molecule has 1 aromatic heterocycles. The van der Waals surface area contributed by atoms with E-state index in [-0.39, 0.29) is 0 Å². The quantitative estimate of drug-likeness (QED) is 0.434. The zero-order chi connectivity index (χ0) is 11.1. The second kappa shape index (κ2) is 5.51. The van der Waals surface area contributed by atoms with Crippen LogP contribution in [0.1, 0.15) is 0 Å². The predicted molar refractivity (Wildman–Crippen MR) is 48.1 cm³/mol. The molecule has 1 rings (SSSR count). The highest BCUT2D eigenvalue weighted by Gasteiger charge is 1.85. The third kappa shape index (κ3) is 5.52. The Morgan fingerprint density at radius 2 is 1.14 bits per heavy atom. The summed E-state index contributed by atoms with van der Waals surface area (Å²) in [7, 11) is 3.38. The van der Waals surface area contributed by atoms with Gasteiger partial charge in [0, 0.05) is 14.1 Å². The van der Waals surface area contributed by atoms with Crippen LogP contribution in [0.15, 0.2) is 14.4 Å². The molecule has 8 heteroatoms. The predicted octanol–water partition coefficient (Wildman–Crippen LogP) is -2.54. The van der Waals surface area contributed by atoms with Gasteiger partial charge < -0.3 is 4.90 Å². The van der Waals surface area contributed by atoms with Crippen LogP contribution < -0.4 is 17.1 Å². The fourth-order valence-electron chi connectivity index (χ4n) is 0.403. The average molecular weight is 202 g/mol. The van der Waals surface area contributed by atoms with Crippen molar-refractivity contribution >= 4 is 6.41 Å². The Morgan fingerprint density at radius 3 is 1.29 bits per heavy atom. The van der Waals surface area contributed by atoms with E-state index in [1.807, 2.05) is 0 Å². The first-order valence-electron chi connectivity index (χ1n) is 3.50. The molecule has 0 aliphatic rings. The van der Waals surface area contributed by atoms with Crippen LogP contribution in [-0.2, 0) is 4.79 Å². The lowest BCUT2D eigenvalue weighted by Crippen LogP contribution is -2.34. The molecule has 0 unspecified atom stereocenters. The van der Waals surface area contributed by atoms with Crippen molar-refractivity contribution in [3.05, 3.63) is 31.5 Å². The summed E-state index contributed by atoms with van der Waals surface area (Å²) in [6.45, 7) is 0. The SMILES string of the molecule is CN(C)C=O.O=c1[nH]c(=O)[nH]c(=O)[nH]1. The molecule has 1 aromatic rings. The number of amides is 1. The number of carbonyl (C=O) groups is 1. The Kier molecular flexibility index (Phi) is 4.68. The van der Waals surface area contributed by atoms with Gasteiger partial charge in [0.05, 0.1) is 0 Å². The van der Waals surface area contributed by atoms with Crippen LogP contribution >= 0.6 is 0 Å². The fraction of sp³-hybridized carbons (Fsp3) is 0.333. The Hall–Kier alpha value is -2.12. The smallest absolute Gasteiger partial charge is 0.330 e. The van der Waals surface area contributed by atoms with Crippen LogP contribution in [0.3, 0.4) is 0 Å². The highest BCUT2D eigenvalue weighted by Crippen LogP contribution is 1.52. The molecular formula is C6H10N4O4. The van der Waals surface area contributed by atoms with Crippen molar-refractivity contribution in [2.45, 2.75) is 0 Å². The van der Waals surface area contributed by atoms with Gasteiger partial charge in [0.2, 0.25) is 6.41 Å². The fourth-order valence-corrected chi connectivity index (χ4v) is 0.403. The van der Waals surface area contributed by atoms with E-state index in [4.69, 9.17) is 0 Å². The summed E-state index contributed by atoms with van der Waals surface area (Å²) in [5, 5.41) is 0. The first-order chi connectivity index (χ1) is 6.45. The van der Waals surface area contributed by atoms with E-state index < -0.39 is 17.1 Å². The summed E-state index contributed by atoms with van der Waals surface area (Å²) in [6.07, 6.45) is 0.750. The number of rotatable bonds is 1. The number of aromatic amines is 3. The molecule has 0 atom stereocenters. The van der Waals surface area contributed by atoms with Gasteiger partial charge in [-0.2, -0.15) is 0 Å². The second-order valence-electron chi connectivity index (χ2n) is 2.43. The first-order valence-corrected chi connectivity index (χ1v) is 3.50. The maximum atomic E-state index is 10.2. The number of hydrogen-bond donors (Lipinski definition) is 3. The van der Waals surface area contributed by atoms with Gasteiger partial charge in [0.15, 0.2) is 0 Å². The molecule has 1 heterocycles. The Labute approximate surface area is 77.6 Å². The normalized spacial score (nSPS) is 8.43. The molecule has 1 amide bonds. The Bertz CT molecular complexity index is 361. The second-order valence-corrected chi connectivity index (χ2v) is 2.43. The van der Waals surface area contributed by atoms with E-state index in [0.717, 1.165) is 6.41 Å². The molecule has 8 nitrogen and oxygen atoms in total. The molecular weight excluding hydrogens is 192 g/mol. The van der Waals surface area contributed by atoms with Gasteiger partial charge in [-0.15, -0.1) is 0 Å². The number of aromatic nitrogens is 3. The zero-order valence-electron chi connectivity index (χ0n) is 7.66. The van der Waals surface area contributed by atoms with Crippen LogP contribution in [0.2, 0.25) is 0 Å². The monoisotopic (exact) mass is 202 g/mol. The lowest BCUT2D eigenvalue weighted by Gasteiger charge is -1.93. The topological polar surface area (TPSA) is 119 Å². The molecule has 0 spiro atoms. The molecule has 14 heavy (non-hydrogen) atoms. The zero-order valence-corrected chi connectivity index (χ0v) is 7.66. The maximum Gasteiger partial charge on any atom is 0.330 e. The molecule has 0 aliphatic heterocycles. The van der Waals surface area contributed by atoms with Crippen LogP contribution in [0.4, 0.5) is 0 Å². The summed E-state index contributed by atoms with van der Waals surface area (Å²) in [6, 6.07) is 0. The highest BCUT2D eigenvalue weighted by atomic mass is 16.2. The summed E-state index contributed by atoms with van der Waals surface area (Å²) in [5.41, 5.74) is -2.41. The molecule has 0 bridgehead atoms. The molecule has 0 saturated heterocycles. The average Bonchev–Trinajstić information content (AvgIpc) is 2.02. The van der Waals surface area contributed by atoms with Crippen LogP contribution in [-0.4, -0.2) is 40.4 Å². The van der Waals surface area contributed by atoms with E-state index in [1.165, 1.54) is 4.90 Å². The third-order valence-corrected chi connectivity index (χ3v) is 0.892. The van der Waals surface area contributed by atoms with Gasteiger partial charge >= 0.3 is 17.1 Å². The van der Waals surface area contributed by atoms with E-state index >= 15 is 0 Å². The Morgan fingerprint density at radius 1 is 0.929 bits per heavy atom. The summed E-state index contributed by atoms with van der Waals surface area (Å²) < 4.78 is 0. The van der Waals surface area contributed by atoms with E-state index in [1.54, 1.807) is 29.0 Å². The number of nitrogens with one attached hydrogen (secondary N) is 3. The van der Waals surface area contributed by atoms with Crippen molar-refractivity contribution in [3.8, 4) is 0 Å². The molecule has 0 fully saturated rings. The van der Waals surface area contributed by atoms with Crippen molar-refractivity contribution in [2.24, 2.45) is 0 Å². The molecule has 0 aliphatic carbocycles.